The van der Waals surface area contributed by atoms with Crippen LogP contribution in [0.5, 0.6) is 0 Å². The number of hydrogen-bond acceptors (Lipinski definition) is 5. The van der Waals surface area contributed by atoms with Gasteiger partial charge < -0.3 is 5.32 Å². The molecule has 0 unspecified atom stereocenters. The van der Waals surface area contributed by atoms with Crippen LogP contribution < -0.4 is 5.32 Å². The van der Waals surface area contributed by atoms with Gasteiger partial charge in [0.2, 0.25) is 0 Å². The Morgan fingerprint density at radius 2 is 1.93 bits per heavy atom. The van der Waals surface area contributed by atoms with Gasteiger partial charge in [-0.05, 0) is 50.4 Å². The van der Waals surface area contributed by atoms with Gasteiger partial charge in [-0.25, -0.2) is 4.68 Å². The van der Waals surface area contributed by atoms with Crippen molar-refractivity contribution in [3.05, 3.63) is 75.6 Å². The van der Waals surface area contributed by atoms with Gasteiger partial charge in [0.05, 0.1) is 26.9 Å². The highest BCUT2D eigenvalue weighted by atomic mass is 32.2. The van der Waals surface area contributed by atoms with Gasteiger partial charge in [-0.1, -0.05) is 12.1 Å². The molecular formula is C19H18N4O3S. The van der Waals surface area contributed by atoms with Gasteiger partial charge in [0.15, 0.2) is 0 Å². The second kappa shape index (κ2) is 7.63. The van der Waals surface area contributed by atoms with Crippen LogP contribution in [-0.4, -0.2) is 26.9 Å². The summed E-state index contributed by atoms with van der Waals surface area (Å²) < 4.78 is 1.75. The van der Waals surface area contributed by atoms with E-state index in [0.717, 1.165) is 17.1 Å². The van der Waals surface area contributed by atoms with Crippen LogP contribution in [0.25, 0.3) is 5.69 Å². The highest BCUT2D eigenvalue weighted by molar-refractivity contribution is 7.98. The van der Waals surface area contributed by atoms with Gasteiger partial charge in [0, 0.05) is 17.3 Å². The quantitative estimate of drug-likeness (QED) is 0.402. The molecule has 1 amide bonds. The van der Waals surface area contributed by atoms with Gasteiger partial charge in [0.25, 0.3) is 11.6 Å². The SMILES string of the molecule is CSc1ccc(C(=O)Nc2ccccc2-n2nc(C)cc2C)cc1[N+](=O)[O-]. The van der Waals surface area contributed by atoms with E-state index < -0.39 is 10.8 Å². The van der Waals surface area contributed by atoms with Crippen molar-refractivity contribution < 1.29 is 9.72 Å². The van der Waals surface area contributed by atoms with E-state index in [9.17, 15) is 14.9 Å². The average molecular weight is 382 g/mol. The zero-order chi connectivity index (χ0) is 19.6. The maximum absolute atomic E-state index is 12.7. The van der Waals surface area contributed by atoms with Crippen molar-refractivity contribution in [3.8, 4) is 5.69 Å². The highest BCUT2D eigenvalue weighted by Gasteiger charge is 2.18. The van der Waals surface area contributed by atoms with Crippen molar-refractivity contribution in [3.63, 3.8) is 0 Å². The molecule has 1 N–H and O–H groups in total. The molecule has 2 aromatic carbocycles. The van der Waals surface area contributed by atoms with Gasteiger partial charge in [-0.2, -0.15) is 5.10 Å². The van der Waals surface area contributed by atoms with E-state index in [1.54, 1.807) is 29.1 Å². The topological polar surface area (TPSA) is 90.1 Å². The fraction of sp³-hybridized carbons (Fsp3) is 0.158. The van der Waals surface area contributed by atoms with Crippen LogP contribution >= 0.6 is 11.8 Å². The Morgan fingerprint density at radius 3 is 2.56 bits per heavy atom. The number of nitro benzene ring substituents is 1. The molecule has 1 heterocycles. The Morgan fingerprint density at radius 1 is 1.19 bits per heavy atom. The smallest absolute Gasteiger partial charge is 0.283 e. The molecule has 0 aliphatic carbocycles. The first kappa shape index (κ1) is 18.7. The first-order valence-electron chi connectivity index (χ1n) is 8.17. The second-order valence-corrected chi connectivity index (χ2v) is 6.80. The largest absolute Gasteiger partial charge is 0.320 e. The zero-order valence-corrected chi connectivity index (χ0v) is 15.9. The number of hydrogen-bond donors (Lipinski definition) is 1. The van der Waals surface area contributed by atoms with Gasteiger partial charge in [0.1, 0.15) is 0 Å². The maximum atomic E-state index is 12.7. The van der Waals surface area contributed by atoms with Crippen LogP contribution in [0.4, 0.5) is 11.4 Å². The van der Waals surface area contributed by atoms with E-state index in [1.165, 1.54) is 17.8 Å². The van der Waals surface area contributed by atoms with Crippen LogP contribution in [0.3, 0.4) is 0 Å². The minimum Gasteiger partial charge on any atom is -0.320 e. The number of para-hydroxylation sites is 2. The van der Waals surface area contributed by atoms with Crippen molar-refractivity contribution in [1.29, 1.82) is 0 Å². The molecule has 0 aliphatic heterocycles. The molecule has 27 heavy (non-hydrogen) atoms. The fourth-order valence-electron chi connectivity index (χ4n) is 2.81. The summed E-state index contributed by atoms with van der Waals surface area (Å²) in [6.45, 7) is 3.83. The van der Waals surface area contributed by atoms with E-state index in [2.05, 4.69) is 10.4 Å². The lowest BCUT2D eigenvalue weighted by Gasteiger charge is -2.12. The Hall–Kier alpha value is -3.13. The van der Waals surface area contributed by atoms with E-state index in [4.69, 9.17) is 0 Å². The lowest BCUT2D eigenvalue weighted by atomic mass is 10.1. The molecule has 1 aromatic heterocycles. The molecule has 0 fully saturated rings. The molecule has 7 nitrogen and oxygen atoms in total. The first-order chi connectivity index (χ1) is 12.9. The minimum atomic E-state index is -0.480. The molecule has 3 aromatic rings. The van der Waals surface area contributed by atoms with E-state index in [-0.39, 0.29) is 11.3 Å². The molecule has 0 saturated heterocycles. The fourth-order valence-corrected chi connectivity index (χ4v) is 3.35. The number of aromatic nitrogens is 2. The number of nitro groups is 1. The van der Waals surface area contributed by atoms with Crippen LogP contribution in [0, 0.1) is 24.0 Å². The number of carbonyl (C=O) groups is 1. The Bertz CT molecular complexity index is 1030. The van der Waals surface area contributed by atoms with Crippen LogP contribution in [-0.2, 0) is 0 Å². The third kappa shape index (κ3) is 3.85. The van der Waals surface area contributed by atoms with Gasteiger partial charge >= 0.3 is 0 Å². The van der Waals surface area contributed by atoms with E-state index in [1.807, 2.05) is 38.1 Å². The highest BCUT2D eigenvalue weighted by Crippen LogP contribution is 2.29. The van der Waals surface area contributed by atoms with Crippen molar-refractivity contribution in [1.82, 2.24) is 9.78 Å². The third-order valence-electron chi connectivity index (χ3n) is 4.03. The molecule has 0 atom stereocenters. The minimum absolute atomic E-state index is 0.0815. The van der Waals surface area contributed by atoms with Crippen LogP contribution in [0.15, 0.2) is 53.4 Å². The van der Waals surface area contributed by atoms with Crippen LogP contribution in [0.2, 0.25) is 0 Å². The van der Waals surface area contributed by atoms with Crippen molar-refractivity contribution >= 4 is 29.0 Å². The number of thioether (sulfide) groups is 1. The standard InChI is InChI=1S/C19H18N4O3S/c1-12-10-13(2)22(21-12)16-7-5-4-6-15(16)20-19(24)14-8-9-18(27-3)17(11-14)23(25)26/h4-11H,1-3H3,(H,20,24). The molecule has 138 valence electrons. The average Bonchev–Trinajstić information content (AvgIpc) is 2.99. The summed E-state index contributed by atoms with van der Waals surface area (Å²) in [4.78, 5) is 24.0. The Labute approximate surface area is 160 Å². The predicted octanol–water partition coefficient (Wildman–Crippen LogP) is 4.37. The molecule has 0 spiro atoms. The summed E-state index contributed by atoms with van der Waals surface area (Å²) in [5.41, 5.74) is 3.26. The van der Waals surface area contributed by atoms with E-state index in [0.29, 0.717) is 10.6 Å². The van der Waals surface area contributed by atoms with Crippen molar-refractivity contribution in [2.75, 3.05) is 11.6 Å². The number of aryl methyl sites for hydroxylation is 2. The second-order valence-electron chi connectivity index (χ2n) is 5.95. The summed E-state index contributed by atoms with van der Waals surface area (Å²) in [5, 5.41) is 18.5. The Kier molecular flexibility index (Phi) is 5.27. The number of anilines is 1. The summed E-state index contributed by atoms with van der Waals surface area (Å²) in [7, 11) is 0. The summed E-state index contributed by atoms with van der Waals surface area (Å²) in [5.74, 6) is -0.417. The predicted molar refractivity (Wildman–Crippen MR) is 106 cm³/mol. The summed E-state index contributed by atoms with van der Waals surface area (Å²) in [6, 6.07) is 13.7. The number of rotatable bonds is 5. The third-order valence-corrected chi connectivity index (χ3v) is 4.81. The number of benzene rings is 2. The van der Waals surface area contributed by atoms with Crippen molar-refractivity contribution in [2.24, 2.45) is 0 Å². The monoisotopic (exact) mass is 382 g/mol. The zero-order valence-electron chi connectivity index (χ0n) is 15.1. The lowest BCUT2D eigenvalue weighted by molar-refractivity contribution is -0.387. The van der Waals surface area contributed by atoms with Gasteiger partial charge in [-0.15, -0.1) is 11.8 Å². The molecule has 0 bridgehead atoms. The summed E-state index contributed by atoms with van der Waals surface area (Å²) in [6.07, 6.45) is 1.76. The van der Waals surface area contributed by atoms with Crippen molar-refractivity contribution in [2.45, 2.75) is 18.7 Å². The lowest BCUT2D eigenvalue weighted by Crippen LogP contribution is -2.15. The number of amides is 1. The normalized spacial score (nSPS) is 10.6. The number of nitrogens with one attached hydrogen (secondary N) is 1. The molecule has 8 heteroatoms. The summed E-state index contributed by atoms with van der Waals surface area (Å²) >= 11 is 1.27. The molecule has 0 saturated carbocycles. The molecule has 0 radical (unpaired) electrons. The van der Waals surface area contributed by atoms with Crippen LogP contribution in [0.1, 0.15) is 21.7 Å². The molecular weight excluding hydrogens is 364 g/mol. The Balaban J connectivity index is 1.95. The van der Waals surface area contributed by atoms with Gasteiger partial charge in [-0.3, -0.25) is 14.9 Å². The first-order valence-corrected chi connectivity index (χ1v) is 9.39. The molecule has 0 aliphatic rings. The molecule has 3 rings (SSSR count). The number of nitrogens with zero attached hydrogens (tertiary/aromatic N) is 3. The number of carbonyl (C=O) groups excluding carboxylic acids is 1. The maximum Gasteiger partial charge on any atom is 0.283 e. The van der Waals surface area contributed by atoms with E-state index >= 15 is 0 Å².